The van der Waals surface area contributed by atoms with Crippen LogP contribution in [0.15, 0.2) is 35.4 Å². The summed E-state index contributed by atoms with van der Waals surface area (Å²) in [5, 5.41) is 1.53. The third-order valence-electron chi connectivity index (χ3n) is 5.21. The summed E-state index contributed by atoms with van der Waals surface area (Å²) in [7, 11) is 0. The Hall–Kier alpha value is -1.33. The first kappa shape index (κ1) is 15.2. The highest BCUT2D eigenvalue weighted by molar-refractivity contribution is 8.00. The molecule has 5 heteroatoms. The third kappa shape index (κ3) is 3.04. The first-order chi connectivity index (χ1) is 11.3. The fraction of sp³-hybridized carbons (Fsp3) is 0.556. The van der Waals surface area contributed by atoms with E-state index in [1.165, 1.54) is 31.4 Å². The highest BCUT2D eigenvalue weighted by Gasteiger charge is 2.33. The van der Waals surface area contributed by atoms with Gasteiger partial charge in [0.1, 0.15) is 0 Å². The van der Waals surface area contributed by atoms with Gasteiger partial charge in [-0.3, -0.25) is 14.3 Å². The zero-order valence-corrected chi connectivity index (χ0v) is 14.2. The van der Waals surface area contributed by atoms with Gasteiger partial charge in [-0.1, -0.05) is 25.0 Å². The minimum absolute atomic E-state index is 0.0854. The van der Waals surface area contributed by atoms with E-state index in [4.69, 9.17) is 0 Å². The van der Waals surface area contributed by atoms with Crippen molar-refractivity contribution in [1.29, 1.82) is 0 Å². The van der Waals surface area contributed by atoms with Gasteiger partial charge in [-0.05, 0) is 25.0 Å². The second kappa shape index (κ2) is 6.65. The fourth-order valence-electron chi connectivity index (χ4n) is 3.96. The number of para-hydroxylation sites is 1. The van der Waals surface area contributed by atoms with Crippen LogP contribution >= 0.6 is 11.8 Å². The number of aromatic nitrogens is 2. The lowest BCUT2D eigenvalue weighted by Crippen LogP contribution is -2.50. The summed E-state index contributed by atoms with van der Waals surface area (Å²) in [5.74, 6) is 1.23. The number of hydrogen-bond donors (Lipinski definition) is 0. The quantitative estimate of drug-likeness (QED) is 0.868. The molecule has 0 N–H and O–H groups in total. The van der Waals surface area contributed by atoms with Crippen molar-refractivity contribution >= 4 is 22.7 Å². The van der Waals surface area contributed by atoms with Crippen molar-refractivity contribution in [2.45, 2.75) is 43.5 Å². The Kier molecular flexibility index (Phi) is 4.40. The zero-order valence-electron chi connectivity index (χ0n) is 13.4. The smallest absolute Gasteiger partial charge is 0.261 e. The number of thioether (sulfide) groups is 1. The van der Waals surface area contributed by atoms with Gasteiger partial charge in [0.25, 0.3) is 5.56 Å². The van der Waals surface area contributed by atoms with E-state index in [1.54, 1.807) is 10.9 Å². The Balaban J connectivity index is 1.50. The molecule has 1 saturated carbocycles. The lowest BCUT2D eigenvalue weighted by molar-refractivity contribution is 0.157. The molecule has 2 aliphatic rings. The largest absolute Gasteiger partial charge is 0.297 e. The van der Waals surface area contributed by atoms with Crippen LogP contribution in [0, 0.1) is 0 Å². The molecule has 1 aromatic heterocycles. The van der Waals surface area contributed by atoms with Crippen LogP contribution in [-0.2, 0) is 6.54 Å². The lowest BCUT2D eigenvalue weighted by Gasteiger charge is -2.43. The standard InChI is InChI=1S/C18H23N3OS/c22-18-14-5-1-2-6-15(14)19-13-21(18)10-9-20-11-12-23-17-8-4-3-7-16(17)20/h1-2,5-6,13,16-17H,3-4,7-12H2. The summed E-state index contributed by atoms with van der Waals surface area (Å²) in [4.78, 5) is 19.6. The van der Waals surface area contributed by atoms with E-state index in [2.05, 4.69) is 21.6 Å². The van der Waals surface area contributed by atoms with E-state index in [0.29, 0.717) is 6.04 Å². The van der Waals surface area contributed by atoms with Crippen LogP contribution in [0.5, 0.6) is 0 Å². The van der Waals surface area contributed by atoms with Crippen LogP contribution in [0.4, 0.5) is 0 Å². The highest BCUT2D eigenvalue weighted by atomic mass is 32.2. The Morgan fingerprint density at radius 2 is 2.04 bits per heavy atom. The van der Waals surface area contributed by atoms with E-state index in [-0.39, 0.29) is 5.56 Å². The molecule has 1 aliphatic carbocycles. The third-order valence-corrected chi connectivity index (χ3v) is 6.60. The predicted octanol–water partition coefficient (Wildman–Crippen LogP) is 2.76. The number of benzene rings is 1. The highest BCUT2D eigenvalue weighted by Crippen LogP contribution is 2.35. The predicted molar refractivity (Wildman–Crippen MR) is 96.1 cm³/mol. The van der Waals surface area contributed by atoms with E-state index >= 15 is 0 Å². The molecule has 1 aliphatic heterocycles. The molecular formula is C18H23N3OS. The van der Waals surface area contributed by atoms with Crippen LogP contribution < -0.4 is 5.56 Å². The summed E-state index contributed by atoms with van der Waals surface area (Å²) in [5.41, 5.74) is 0.873. The fourth-order valence-corrected chi connectivity index (χ4v) is 5.46. The molecule has 2 heterocycles. The molecule has 0 bridgehead atoms. The summed E-state index contributed by atoms with van der Waals surface area (Å²) in [6.45, 7) is 2.85. The van der Waals surface area contributed by atoms with E-state index in [1.807, 2.05) is 24.3 Å². The molecule has 4 rings (SSSR count). The van der Waals surface area contributed by atoms with Gasteiger partial charge < -0.3 is 0 Å². The van der Waals surface area contributed by atoms with E-state index in [9.17, 15) is 4.79 Å². The minimum atomic E-state index is 0.0854. The van der Waals surface area contributed by atoms with Crippen molar-refractivity contribution in [3.8, 4) is 0 Å². The molecule has 0 spiro atoms. The summed E-state index contributed by atoms with van der Waals surface area (Å²) < 4.78 is 1.78. The number of rotatable bonds is 3. The molecule has 0 amide bonds. The minimum Gasteiger partial charge on any atom is -0.297 e. The molecule has 1 aromatic carbocycles. The Morgan fingerprint density at radius 3 is 3.00 bits per heavy atom. The van der Waals surface area contributed by atoms with E-state index in [0.717, 1.165) is 35.8 Å². The Bertz CT molecular complexity index is 742. The molecule has 2 atom stereocenters. The SMILES string of the molecule is O=c1c2ccccc2ncn1CCN1CCSC2CCCCC21. The van der Waals surface area contributed by atoms with Crippen molar-refractivity contribution in [1.82, 2.24) is 14.5 Å². The normalized spacial score (nSPS) is 25.4. The molecule has 122 valence electrons. The van der Waals surface area contributed by atoms with E-state index < -0.39 is 0 Å². The molecule has 0 radical (unpaired) electrons. The monoisotopic (exact) mass is 329 g/mol. The maximum Gasteiger partial charge on any atom is 0.261 e. The van der Waals surface area contributed by atoms with Crippen LogP contribution in [0.3, 0.4) is 0 Å². The second-order valence-electron chi connectivity index (χ2n) is 6.56. The number of nitrogens with zero attached hydrogens (tertiary/aromatic N) is 3. The van der Waals surface area contributed by atoms with Gasteiger partial charge in [0, 0.05) is 36.7 Å². The van der Waals surface area contributed by atoms with Gasteiger partial charge in [-0.15, -0.1) is 0 Å². The van der Waals surface area contributed by atoms with Crippen molar-refractivity contribution in [2.24, 2.45) is 0 Å². The first-order valence-corrected chi connectivity index (χ1v) is 9.67. The summed E-state index contributed by atoms with van der Waals surface area (Å²) in [6.07, 6.45) is 7.14. The average molecular weight is 329 g/mol. The Labute approximate surface area is 140 Å². The Morgan fingerprint density at radius 1 is 1.17 bits per heavy atom. The zero-order chi connectivity index (χ0) is 15.6. The van der Waals surface area contributed by atoms with Gasteiger partial charge in [0.05, 0.1) is 17.2 Å². The molecule has 4 nitrogen and oxygen atoms in total. The van der Waals surface area contributed by atoms with Gasteiger partial charge in [0.2, 0.25) is 0 Å². The lowest BCUT2D eigenvalue weighted by atomic mass is 9.93. The molecule has 2 fully saturated rings. The van der Waals surface area contributed by atoms with Gasteiger partial charge in [-0.2, -0.15) is 11.8 Å². The van der Waals surface area contributed by atoms with Crippen molar-refractivity contribution in [3.05, 3.63) is 40.9 Å². The van der Waals surface area contributed by atoms with Crippen molar-refractivity contribution in [2.75, 3.05) is 18.8 Å². The van der Waals surface area contributed by atoms with Crippen LogP contribution in [0.1, 0.15) is 25.7 Å². The van der Waals surface area contributed by atoms with Gasteiger partial charge >= 0.3 is 0 Å². The van der Waals surface area contributed by atoms with Crippen LogP contribution in [0.25, 0.3) is 10.9 Å². The van der Waals surface area contributed by atoms with Gasteiger partial charge in [0.15, 0.2) is 0 Å². The molecule has 2 unspecified atom stereocenters. The van der Waals surface area contributed by atoms with Crippen molar-refractivity contribution < 1.29 is 0 Å². The van der Waals surface area contributed by atoms with Crippen LogP contribution in [0.2, 0.25) is 0 Å². The molecule has 2 aromatic rings. The molecule has 1 saturated heterocycles. The average Bonchev–Trinajstić information content (AvgIpc) is 2.61. The second-order valence-corrected chi connectivity index (χ2v) is 7.90. The number of fused-ring (bicyclic) bond motifs is 2. The summed E-state index contributed by atoms with van der Waals surface area (Å²) >= 11 is 2.16. The first-order valence-electron chi connectivity index (χ1n) is 8.63. The topological polar surface area (TPSA) is 38.1 Å². The van der Waals surface area contributed by atoms with Crippen LogP contribution in [-0.4, -0.2) is 44.6 Å². The summed E-state index contributed by atoms with van der Waals surface area (Å²) in [6, 6.07) is 8.32. The maximum absolute atomic E-state index is 12.6. The van der Waals surface area contributed by atoms with Gasteiger partial charge in [-0.25, -0.2) is 4.98 Å². The number of hydrogen-bond acceptors (Lipinski definition) is 4. The maximum atomic E-state index is 12.6. The molecule has 23 heavy (non-hydrogen) atoms. The van der Waals surface area contributed by atoms with Crippen molar-refractivity contribution in [3.63, 3.8) is 0 Å². The molecular weight excluding hydrogens is 306 g/mol.